The van der Waals surface area contributed by atoms with Crippen molar-refractivity contribution in [2.24, 2.45) is 5.92 Å². The fourth-order valence-electron chi connectivity index (χ4n) is 3.38. The molecule has 2 saturated heterocycles. The molecule has 0 radical (unpaired) electrons. The zero-order valence-corrected chi connectivity index (χ0v) is 16.8. The highest BCUT2D eigenvalue weighted by Gasteiger charge is 2.28. The molecule has 2 N–H and O–H groups in total. The van der Waals surface area contributed by atoms with Crippen LogP contribution in [-0.2, 0) is 9.59 Å². The van der Waals surface area contributed by atoms with E-state index < -0.39 is 0 Å². The molecule has 27 heavy (non-hydrogen) atoms. The second-order valence-electron chi connectivity index (χ2n) is 6.70. The average Bonchev–Trinajstić information content (AvgIpc) is 2.64. The Bertz CT molecular complexity index is 604. The molecule has 6 nitrogen and oxygen atoms in total. The molecule has 2 aliphatic heterocycles. The third-order valence-electron chi connectivity index (χ3n) is 4.83. The summed E-state index contributed by atoms with van der Waals surface area (Å²) in [5, 5.41) is 6.05. The average molecular weight is 421 g/mol. The first kappa shape index (κ1) is 23.6. The van der Waals surface area contributed by atoms with Crippen LogP contribution in [0.2, 0.25) is 0 Å². The van der Waals surface area contributed by atoms with Crippen LogP contribution < -0.4 is 10.6 Å². The van der Waals surface area contributed by atoms with Gasteiger partial charge in [-0.25, -0.2) is 4.39 Å². The van der Waals surface area contributed by atoms with E-state index in [-0.39, 0.29) is 54.9 Å². The lowest BCUT2D eigenvalue weighted by Crippen LogP contribution is -2.53. The molecule has 2 fully saturated rings. The fourth-order valence-corrected chi connectivity index (χ4v) is 3.38. The van der Waals surface area contributed by atoms with Crippen molar-refractivity contribution >= 4 is 42.3 Å². The van der Waals surface area contributed by atoms with E-state index in [2.05, 4.69) is 10.6 Å². The number of hydrogen-bond donors (Lipinski definition) is 2. The predicted molar refractivity (Wildman–Crippen MR) is 108 cm³/mol. The number of benzene rings is 1. The van der Waals surface area contributed by atoms with Gasteiger partial charge in [-0.2, -0.15) is 0 Å². The molecule has 0 spiro atoms. The summed E-state index contributed by atoms with van der Waals surface area (Å²) in [6.45, 7) is 4.79. The van der Waals surface area contributed by atoms with E-state index in [1.807, 2.05) is 9.80 Å². The molecule has 9 heteroatoms. The van der Waals surface area contributed by atoms with Gasteiger partial charge in [-0.15, -0.1) is 24.8 Å². The summed E-state index contributed by atoms with van der Waals surface area (Å²) in [4.78, 5) is 28.6. The van der Waals surface area contributed by atoms with Crippen LogP contribution in [0.15, 0.2) is 24.3 Å². The van der Waals surface area contributed by atoms with Gasteiger partial charge in [0, 0.05) is 38.4 Å². The molecule has 1 unspecified atom stereocenters. The minimum absolute atomic E-state index is 0. The van der Waals surface area contributed by atoms with Gasteiger partial charge in [0.2, 0.25) is 11.8 Å². The van der Waals surface area contributed by atoms with Crippen LogP contribution in [0.3, 0.4) is 0 Å². The lowest BCUT2D eigenvalue weighted by Gasteiger charge is -2.36. The van der Waals surface area contributed by atoms with Gasteiger partial charge in [0.15, 0.2) is 0 Å². The monoisotopic (exact) mass is 420 g/mol. The Balaban J connectivity index is 0.00000182. The Hall–Kier alpha value is -1.41. The maximum Gasteiger partial charge on any atom is 0.238 e. The van der Waals surface area contributed by atoms with Crippen LogP contribution in [0, 0.1) is 11.7 Å². The molecule has 3 rings (SSSR count). The summed E-state index contributed by atoms with van der Waals surface area (Å²) >= 11 is 0. The first-order valence-corrected chi connectivity index (χ1v) is 8.89. The van der Waals surface area contributed by atoms with Gasteiger partial charge < -0.3 is 15.5 Å². The zero-order valence-electron chi connectivity index (χ0n) is 15.2. The lowest BCUT2D eigenvalue weighted by molar-refractivity contribution is -0.138. The normalized spacial score (nSPS) is 20.2. The number of hydrogen-bond acceptors (Lipinski definition) is 4. The van der Waals surface area contributed by atoms with Gasteiger partial charge in [-0.05, 0) is 43.7 Å². The first-order valence-electron chi connectivity index (χ1n) is 8.89. The fraction of sp³-hybridized carbons (Fsp3) is 0.556. The smallest absolute Gasteiger partial charge is 0.238 e. The number of piperidine rings is 1. The zero-order chi connectivity index (χ0) is 17.6. The highest BCUT2D eigenvalue weighted by atomic mass is 35.5. The largest absolute Gasteiger partial charge is 0.340 e. The Kier molecular flexibility index (Phi) is 10.0. The number of amides is 2. The van der Waals surface area contributed by atoms with Crippen molar-refractivity contribution in [1.29, 1.82) is 0 Å². The van der Waals surface area contributed by atoms with Crippen molar-refractivity contribution in [3.63, 3.8) is 0 Å². The molecule has 2 heterocycles. The number of piperazine rings is 1. The van der Waals surface area contributed by atoms with E-state index in [4.69, 9.17) is 0 Å². The third kappa shape index (κ3) is 6.92. The van der Waals surface area contributed by atoms with Crippen molar-refractivity contribution in [3.05, 3.63) is 30.1 Å². The van der Waals surface area contributed by atoms with Crippen LogP contribution in [0.5, 0.6) is 0 Å². The second kappa shape index (κ2) is 11.4. The minimum atomic E-state index is -0.327. The van der Waals surface area contributed by atoms with Crippen LogP contribution in [0.4, 0.5) is 10.1 Å². The highest BCUT2D eigenvalue weighted by Crippen LogP contribution is 2.15. The molecule has 0 aromatic heterocycles. The van der Waals surface area contributed by atoms with Crippen molar-refractivity contribution in [2.45, 2.75) is 12.8 Å². The van der Waals surface area contributed by atoms with E-state index in [0.29, 0.717) is 31.9 Å². The maximum atomic E-state index is 12.9. The number of rotatable bonds is 4. The molecule has 1 aromatic carbocycles. The topological polar surface area (TPSA) is 64.7 Å². The highest BCUT2D eigenvalue weighted by molar-refractivity contribution is 5.92. The Morgan fingerprint density at radius 2 is 1.78 bits per heavy atom. The number of nitrogens with zero attached hydrogens (tertiary/aromatic N) is 2. The number of halogens is 3. The summed E-state index contributed by atoms with van der Waals surface area (Å²) < 4.78 is 12.9. The molecule has 1 atom stereocenters. The quantitative estimate of drug-likeness (QED) is 0.778. The maximum absolute atomic E-state index is 12.9. The molecule has 0 bridgehead atoms. The van der Waals surface area contributed by atoms with E-state index >= 15 is 0 Å². The Morgan fingerprint density at radius 3 is 2.37 bits per heavy atom. The molecule has 2 amide bonds. The van der Waals surface area contributed by atoms with Crippen LogP contribution in [0.1, 0.15) is 12.8 Å². The van der Waals surface area contributed by atoms with Crippen LogP contribution >= 0.6 is 24.8 Å². The van der Waals surface area contributed by atoms with Crippen molar-refractivity contribution in [3.8, 4) is 0 Å². The molecular formula is C18H27Cl2FN4O2. The first-order chi connectivity index (χ1) is 12.1. The summed E-state index contributed by atoms with van der Waals surface area (Å²) in [5.41, 5.74) is 0.588. The van der Waals surface area contributed by atoms with Gasteiger partial charge in [0.25, 0.3) is 0 Å². The van der Waals surface area contributed by atoms with Crippen molar-refractivity contribution < 1.29 is 14.0 Å². The van der Waals surface area contributed by atoms with E-state index in [0.717, 1.165) is 25.9 Å². The summed E-state index contributed by atoms with van der Waals surface area (Å²) in [7, 11) is 0. The molecule has 0 saturated carbocycles. The molecule has 152 valence electrons. The van der Waals surface area contributed by atoms with E-state index in [9.17, 15) is 14.0 Å². The van der Waals surface area contributed by atoms with E-state index in [1.165, 1.54) is 12.1 Å². The number of carbonyl (C=O) groups excluding carboxylic acids is 2. The number of anilines is 1. The van der Waals surface area contributed by atoms with Crippen molar-refractivity contribution in [1.82, 2.24) is 15.1 Å². The molecule has 0 aliphatic carbocycles. The van der Waals surface area contributed by atoms with Crippen molar-refractivity contribution in [2.75, 3.05) is 51.1 Å². The predicted octanol–water partition coefficient (Wildman–Crippen LogP) is 1.75. The minimum Gasteiger partial charge on any atom is -0.340 e. The van der Waals surface area contributed by atoms with Gasteiger partial charge >= 0.3 is 0 Å². The molecule has 1 aromatic rings. The third-order valence-corrected chi connectivity index (χ3v) is 4.83. The van der Waals surface area contributed by atoms with Gasteiger partial charge in [-0.1, -0.05) is 0 Å². The lowest BCUT2D eigenvalue weighted by atomic mass is 9.98. The number of carbonyl (C=O) groups is 2. The number of nitrogens with one attached hydrogen (secondary N) is 2. The summed E-state index contributed by atoms with van der Waals surface area (Å²) in [6, 6.07) is 5.73. The van der Waals surface area contributed by atoms with Crippen LogP contribution in [-0.4, -0.2) is 67.4 Å². The Labute approximate surface area is 171 Å². The van der Waals surface area contributed by atoms with Gasteiger partial charge in [0.1, 0.15) is 5.82 Å². The SMILES string of the molecule is Cl.Cl.O=C(CN1CCN(C(=O)C2CCCNC2)CC1)Nc1ccc(F)cc1. The Morgan fingerprint density at radius 1 is 1.11 bits per heavy atom. The van der Waals surface area contributed by atoms with Crippen LogP contribution in [0.25, 0.3) is 0 Å². The summed E-state index contributed by atoms with van der Waals surface area (Å²) in [5.74, 6) is -0.112. The molecular weight excluding hydrogens is 394 g/mol. The second-order valence-corrected chi connectivity index (χ2v) is 6.70. The van der Waals surface area contributed by atoms with Gasteiger partial charge in [0.05, 0.1) is 12.5 Å². The van der Waals surface area contributed by atoms with E-state index in [1.54, 1.807) is 12.1 Å². The standard InChI is InChI=1S/C18H25FN4O2.2ClH/c19-15-3-5-16(6-4-15)21-17(24)13-22-8-10-23(11-9-22)18(25)14-2-1-7-20-12-14;;/h3-6,14,20H,1-2,7-13H2,(H,21,24);2*1H. The summed E-state index contributed by atoms with van der Waals surface area (Å²) in [6.07, 6.45) is 2.02. The van der Waals surface area contributed by atoms with Gasteiger partial charge in [-0.3, -0.25) is 14.5 Å². The molecule has 2 aliphatic rings.